The molecule has 0 saturated carbocycles. The Morgan fingerprint density at radius 1 is 1.17 bits per heavy atom. The highest BCUT2D eigenvalue weighted by Gasteiger charge is 2.12. The van der Waals surface area contributed by atoms with E-state index in [4.69, 9.17) is 0 Å². The van der Waals surface area contributed by atoms with Crippen molar-refractivity contribution in [2.75, 3.05) is 5.32 Å². The molecule has 0 aliphatic carbocycles. The minimum Gasteiger partial charge on any atom is -0.290 e. The highest BCUT2D eigenvalue weighted by Crippen LogP contribution is 2.28. The van der Waals surface area contributed by atoms with E-state index in [1.54, 1.807) is 6.07 Å². The summed E-state index contributed by atoms with van der Waals surface area (Å²) >= 11 is 2.67. The summed E-state index contributed by atoms with van der Waals surface area (Å²) < 4.78 is 0. The predicted molar refractivity (Wildman–Crippen MR) is 92.3 cm³/mol. The van der Waals surface area contributed by atoms with Gasteiger partial charge in [-0.3, -0.25) is 10.1 Å². The molecule has 0 aliphatic rings. The van der Waals surface area contributed by atoms with Crippen molar-refractivity contribution in [2.24, 2.45) is 0 Å². The molecule has 0 spiro atoms. The van der Waals surface area contributed by atoms with Crippen LogP contribution in [0.1, 0.15) is 9.67 Å². The number of aromatic nitrogens is 5. The Hall–Kier alpha value is -2.78. The van der Waals surface area contributed by atoms with E-state index in [1.165, 1.54) is 29.4 Å². The molecule has 0 unspecified atom stereocenters. The first kappa shape index (κ1) is 14.8. The second-order valence-electron chi connectivity index (χ2n) is 4.70. The molecule has 118 valence electrons. The van der Waals surface area contributed by atoms with Crippen LogP contribution in [0.4, 0.5) is 5.95 Å². The normalized spacial score (nSPS) is 10.8. The molecule has 0 bridgehead atoms. The van der Waals surface area contributed by atoms with Crippen molar-refractivity contribution in [1.82, 2.24) is 25.1 Å². The van der Waals surface area contributed by atoms with Gasteiger partial charge in [0.15, 0.2) is 0 Å². The van der Waals surface area contributed by atoms with Gasteiger partial charge in [0.2, 0.25) is 11.1 Å². The summed E-state index contributed by atoms with van der Waals surface area (Å²) in [4.78, 5) is 25.4. The average Bonchev–Trinajstić information content (AvgIpc) is 3.27. The number of hydrogen-bond donors (Lipinski definition) is 2. The van der Waals surface area contributed by atoms with Crippen LogP contribution in [0.2, 0.25) is 0 Å². The van der Waals surface area contributed by atoms with Gasteiger partial charge in [0.1, 0.15) is 11.4 Å². The SMILES string of the molecule is O=C(Nc1nc(Sc2ncnc3ccccc23)n[nH]1)c1cccs1. The standard InChI is InChI=1S/C15H10N6OS2/c22-12(11-6-3-7-23-11)18-14-19-15(21-20-14)24-13-9-4-1-2-5-10(9)16-8-17-13/h1-8H,(H2,18,19,20,21,22). The zero-order valence-electron chi connectivity index (χ0n) is 12.1. The van der Waals surface area contributed by atoms with E-state index in [1.807, 2.05) is 35.7 Å². The number of benzene rings is 1. The van der Waals surface area contributed by atoms with E-state index in [0.717, 1.165) is 15.9 Å². The first-order valence-corrected chi connectivity index (χ1v) is 8.64. The average molecular weight is 354 g/mol. The Morgan fingerprint density at radius 2 is 2.08 bits per heavy atom. The van der Waals surface area contributed by atoms with Crippen LogP contribution in [-0.4, -0.2) is 31.1 Å². The van der Waals surface area contributed by atoms with Crippen LogP contribution in [0, 0.1) is 0 Å². The topological polar surface area (TPSA) is 96.5 Å². The Bertz CT molecular complexity index is 993. The quantitative estimate of drug-likeness (QED) is 0.546. The third kappa shape index (κ3) is 2.99. The number of nitrogens with zero attached hydrogens (tertiary/aromatic N) is 4. The van der Waals surface area contributed by atoms with E-state index in [-0.39, 0.29) is 5.91 Å². The second-order valence-corrected chi connectivity index (χ2v) is 6.60. The van der Waals surface area contributed by atoms with Gasteiger partial charge < -0.3 is 0 Å². The van der Waals surface area contributed by atoms with Gasteiger partial charge >= 0.3 is 0 Å². The van der Waals surface area contributed by atoms with Gasteiger partial charge in [0.25, 0.3) is 5.91 Å². The molecule has 0 aliphatic heterocycles. The highest BCUT2D eigenvalue weighted by molar-refractivity contribution is 7.99. The molecule has 9 heteroatoms. The van der Waals surface area contributed by atoms with Gasteiger partial charge in [0.05, 0.1) is 10.4 Å². The lowest BCUT2D eigenvalue weighted by atomic mass is 10.2. The monoisotopic (exact) mass is 354 g/mol. The number of carbonyl (C=O) groups excluding carboxylic acids is 1. The zero-order valence-corrected chi connectivity index (χ0v) is 13.8. The lowest BCUT2D eigenvalue weighted by Gasteiger charge is -2.01. The second kappa shape index (κ2) is 6.38. The number of nitrogens with one attached hydrogen (secondary N) is 2. The van der Waals surface area contributed by atoms with E-state index >= 15 is 0 Å². The summed E-state index contributed by atoms with van der Waals surface area (Å²) in [5.41, 5.74) is 0.858. The maximum absolute atomic E-state index is 12.0. The number of carbonyl (C=O) groups is 1. The molecule has 0 radical (unpaired) electrons. The van der Waals surface area contributed by atoms with Crippen LogP contribution in [0.5, 0.6) is 0 Å². The number of para-hydroxylation sites is 1. The number of anilines is 1. The Labute approximate surface area is 144 Å². The van der Waals surface area contributed by atoms with E-state index < -0.39 is 0 Å². The lowest BCUT2D eigenvalue weighted by molar-refractivity contribution is 0.102. The number of rotatable bonds is 4. The summed E-state index contributed by atoms with van der Waals surface area (Å²) in [5, 5.41) is 13.5. The Morgan fingerprint density at radius 3 is 2.96 bits per heavy atom. The molecule has 7 nitrogen and oxygen atoms in total. The van der Waals surface area contributed by atoms with Crippen LogP contribution >= 0.6 is 23.1 Å². The highest BCUT2D eigenvalue weighted by atomic mass is 32.2. The van der Waals surface area contributed by atoms with Crippen molar-refractivity contribution in [3.8, 4) is 0 Å². The minimum atomic E-state index is -0.217. The molecule has 4 rings (SSSR count). The van der Waals surface area contributed by atoms with Crippen molar-refractivity contribution in [1.29, 1.82) is 0 Å². The smallest absolute Gasteiger partial charge is 0.268 e. The number of thiophene rings is 1. The number of aromatic amines is 1. The Balaban J connectivity index is 1.54. The molecule has 4 aromatic rings. The number of H-pyrrole nitrogens is 1. The summed E-state index contributed by atoms with van der Waals surface area (Å²) in [6.45, 7) is 0. The largest absolute Gasteiger partial charge is 0.290 e. The summed E-state index contributed by atoms with van der Waals surface area (Å²) in [5.74, 6) is 0.0828. The van der Waals surface area contributed by atoms with Gasteiger partial charge in [-0.15, -0.1) is 16.4 Å². The number of fused-ring (bicyclic) bond motifs is 1. The van der Waals surface area contributed by atoms with Gasteiger partial charge in [-0.05, 0) is 29.3 Å². The third-order valence-corrected chi connectivity index (χ3v) is 4.89. The zero-order chi connectivity index (χ0) is 16.4. The molecule has 24 heavy (non-hydrogen) atoms. The predicted octanol–water partition coefficient (Wildman–Crippen LogP) is 3.21. The fraction of sp³-hybridized carbons (Fsp3) is 0. The molecule has 1 amide bonds. The molecular weight excluding hydrogens is 344 g/mol. The maximum atomic E-state index is 12.0. The van der Waals surface area contributed by atoms with Gasteiger partial charge in [0, 0.05) is 5.39 Å². The van der Waals surface area contributed by atoms with Crippen molar-refractivity contribution >= 4 is 45.9 Å². The van der Waals surface area contributed by atoms with Crippen LogP contribution in [0.3, 0.4) is 0 Å². The van der Waals surface area contributed by atoms with Crippen molar-refractivity contribution < 1.29 is 4.79 Å². The summed E-state index contributed by atoms with van der Waals surface area (Å²) in [6, 6.07) is 11.3. The lowest BCUT2D eigenvalue weighted by Crippen LogP contribution is -2.11. The Kier molecular flexibility index (Phi) is 3.93. The van der Waals surface area contributed by atoms with E-state index in [2.05, 4.69) is 30.5 Å². The van der Waals surface area contributed by atoms with Crippen LogP contribution < -0.4 is 5.32 Å². The molecule has 0 fully saturated rings. The molecule has 3 aromatic heterocycles. The molecule has 0 saturated heterocycles. The van der Waals surface area contributed by atoms with Crippen LogP contribution in [0.25, 0.3) is 10.9 Å². The molecule has 3 heterocycles. The number of hydrogen-bond acceptors (Lipinski definition) is 7. The number of amides is 1. The third-order valence-electron chi connectivity index (χ3n) is 3.14. The summed E-state index contributed by atoms with van der Waals surface area (Å²) in [6.07, 6.45) is 1.51. The van der Waals surface area contributed by atoms with Crippen LogP contribution in [-0.2, 0) is 0 Å². The molecule has 2 N–H and O–H groups in total. The van der Waals surface area contributed by atoms with Crippen molar-refractivity contribution in [2.45, 2.75) is 10.2 Å². The summed E-state index contributed by atoms with van der Waals surface area (Å²) in [7, 11) is 0. The fourth-order valence-electron chi connectivity index (χ4n) is 2.07. The first-order chi connectivity index (χ1) is 11.8. The van der Waals surface area contributed by atoms with E-state index in [0.29, 0.717) is 16.0 Å². The van der Waals surface area contributed by atoms with Gasteiger partial charge in [-0.1, -0.05) is 24.3 Å². The van der Waals surface area contributed by atoms with Crippen LogP contribution in [0.15, 0.2) is 58.3 Å². The first-order valence-electron chi connectivity index (χ1n) is 6.94. The van der Waals surface area contributed by atoms with Crippen molar-refractivity contribution in [3.05, 3.63) is 53.0 Å². The van der Waals surface area contributed by atoms with Gasteiger partial charge in [-0.2, -0.15) is 4.98 Å². The molecular formula is C15H10N6OS2. The van der Waals surface area contributed by atoms with E-state index in [9.17, 15) is 4.79 Å². The van der Waals surface area contributed by atoms with Gasteiger partial charge in [-0.25, -0.2) is 15.1 Å². The minimum absolute atomic E-state index is 0.217. The fourth-order valence-corrected chi connectivity index (χ4v) is 3.48. The maximum Gasteiger partial charge on any atom is 0.268 e. The molecule has 0 atom stereocenters. The van der Waals surface area contributed by atoms with Crippen molar-refractivity contribution in [3.63, 3.8) is 0 Å². The molecule has 1 aromatic carbocycles.